The average molecular weight is 302 g/mol. The summed E-state index contributed by atoms with van der Waals surface area (Å²) in [6, 6.07) is 8.79. The second-order valence-electron chi connectivity index (χ2n) is 5.25. The van der Waals surface area contributed by atoms with Gasteiger partial charge in [-0.15, -0.1) is 0 Å². The Morgan fingerprint density at radius 2 is 1.95 bits per heavy atom. The van der Waals surface area contributed by atoms with Crippen molar-refractivity contribution in [1.82, 2.24) is 10.2 Å². The van der Waals surface area contributed by atoms with E-state index in [2.05, 4.69) is 10.2 Å². The lowest BCUT2D eigenvalue weighted by Crippen LogP contribution is -2.31. The number of esters is 1. The van der Waals surface area contributed by atoms with Crippen molar-refractivity contribution in [2.24, 2.45) is 0 Å². The van der Waals surface area contributed by atoms with Gasteiger partial charge in [-0.1, -0.05) is 18.2 Å². The minimum absolute atomic E-state index is 0.121. The Hall–Kier alpha value is -2.50. The highest BCUT2D eigenvalue weighted by molar-refractivity contribution is 5.92. The lowest BCUT2D eigenvalue weighted by Gasteiger charge is -2.18. The Kier molecular flexibility index (Phi) is 4.27. The fraction of sp³-hybridized carbons (Fsp3) is 0.375. The molecular formula is C16H18N2O4. The number of cyclic esters (lactones) is 1. The minimum atomic E-state index is -0.584. The molecule has 1 aromatic carbocycles. The number of nitrogens with zero attached hydrogens (tertiary/aromatic N) is 1. The van der Waals surface area contributed by atoms with E-state index in [1.165, 1.54) is 0 Å². The summed E-state index contributed by atoms with van der Waals surface area (Å²) in [5.41, 5.74) is 1.41. The maximum atomic E-state index is 11.8. The fourth-order valence-corrected chi connectivity index (χ4v) is 2.66. The van der Waals surface area contributed by atoms with Crippen molar-refractivity contribution in [3.8, 4) is 5.75 Å². The van der Waals surface area contributed by atoms with Crippen LogP contribution in [0.5, 0.6) is 5.75 Å². The topological polar surface area (TPSA) is 67.9 Å². The summed E-state index contributed by atoms with van der Waals surface area (Å²) in [4.78, 5) is 25.8. The third-order valence-corrected chi connectivity index (χ3v) is 3.79. The van der Waals surface area contributed by atoms with Crippen molar-refractivity contribution in [1.29, 1.82) is 0 Å². The first-order valence-corrected chi connectivity index (χ1v) is 7.39. The van der Waals surface area contributed by atoms with Crippen LogP contribution in [0.1, 0.15) is 12.8 Å². The highest BCUT2D eigenvalue weighted by Gasteiger charge is 2.30. The van der Waals surface area contributed by atoms with Crippen molar-refractivity contribution in [2.75, 3.05) is 26.2 Å². The van der Waals surface area contributed by atoms with E-state index < -0.39 is 6.09 Å². The normalized spacial score (nSPS) is 17.6. The van der Waals surface area contributed by atoms with Gasteiger partial charge in [0.1, 0.15) is 12.4 Å². The summed E-state index contributed by atoms with van der Waals surface area (Å²) in [6.07, 6.45) is 1.65. The van der Waals surface area contributed by atoms with E-state index in [9.17, 15) is 9.59 Å². The number of carbonyl (C=O) groups excluding carboxylic acids is 2. The number of benzene rings is 1. The van der Waals surface area contributed by atoms with E-state index in [0.717, 1.165) is 31.6 Å². The van der Waals surface area contributed by atoms with Crippen LogP contribution in [0.25, 0.3) is 0 Å². The second-order valence-corrected chi connectivity index (χ2v) is 5.25. The molecule has 2 aliphatic rings. The predicted octanol–water partition coefficient (Wildman–Crippen LogP) is 1.68. The van der Waals surface area contributed by atoms with Crippen LogP contribution in [0, 0.1) is 0 Å². The smallest absolute Gasteiger partial charge is 0.412 e. The Labute approximate surface area is 128 Å². The SMILES string of the molecule is O=C(NCC1=C(N2CCCC2)COC1=O)Oc1ccccc1. The first-order chi connectivity index (χ1) is 10.7. The molecule has 0 aliphatic carbocycles. The van der Waals surface area contributed by atoms with Gasteiger partial charge in [0.05, 0.1) is 17.8 Å². The zero-order chi connectivity index (χ0) is 15.4. The van der Waals surface area contributed by atoms with Gasteiger partial charge in [-0.25, -0.2) is 9.59 Å². The van der Waals surface area contributed by atoms with Gasteiger partial charge in [0.25, 0.3) is 0 Å². The Morgan fingerprint density at radius 3 is 2.68 bits per heavy atom. The Balaban J connectivity index is 1.60. The zero-order valence-electron chi connectivity index (χ0n) is 12.2. The number of ether oxygens (including phenoxy) is 2. The molecule has 1 aromatic rings. The minimum Gasteiger partial charge on any atom is -0.456 e. The van der Waals surface area contributed by atoms with Gasteiger partial charge >= 0.3 is 12.1 Å². The zero-order valence-corrected chi connectivity index (χ0v) is 12.2. The number of carbonyl (C=O) groups is 2. The molecule has 116 valence electrons. The van der Waals surface area contributed by atoms with E-state index in [1.54, 1.807) is 24.3 Å². The summed E-state index contributed by atoms with van der Waals surface area (Å²) in [5.74, 6) is 0.102. The molecule has 1 fully saturated rings. The second kappa shape index (κ2) is 6.51. The molecule has 0 aromatic heterocycles. The van der Waals surface area contributed by atoms with Crippen LogP contribution in [0.4, 0.5) is 4.79 Å². The van der Waals surface area contributed by atoms with E-state index in [1.807, 2.05) is 6.07 Å². The van der Waals surface area contributed by atoms with Gasteiger partial charge in [-0.2, -0.15) is 0 Å². The molecule has 1 amide bonds. The summed E-state index contributed by atoms with van der Waals surface area (Å²) < 4.78 is 10.2. The summed E-state index contributed by atoms with van der Waals surface area (Å²) in [5, 5.41) is 2.61. The molecule has 2 aliphatic heterocycles. The van der Waals surface area contributed by atoms with Gasteiger partial charge in [0.2, 0.25) is 0 Å². The number of para-hydroxylation sites is 1. The highest BCUT2D eigenvalue weighted by atomic mass is 16.6. The first kappa shape index (κ1) is 14.4. The number of hydrogen-bond acceptors (Lipinski definition) is 5. The van der Waals surface area contributed by atoms with Gasteiger partial charge in [0, 0.05) is 13.1 Å². The standard InChI is InChI=1S/C16H18N2O4/c19-15-13(14(11-21-15)18-8-4-5-9-18)10-17-16(20)22-12-6-2-1-3-7-12/h1-3,6-7H,4-5,8-11H2,(H,17,20). The van der Waals surface area contributed by atoms with E-state index >= 15 is 0 Å². The van der Waals surface area contributed by atoms with Gasteiger partial charge in [-0.05, 0) is 25.0 Å². The molecule has 1 saturated heterocycles. The van der Waals surface area contributed by atoms with E-state index in [-0.39, 0.29) is 12.5 Å². The number of rotatable bonds is 4. The summed E-state index contributed by atoms with van der Waals surface area (Å²) >= 11 is 0. The van der Waals surface area contributed by atoms with Crippen molar-refractivity contribution in [3.05, 3.63) is 41.6 Å². The van der Waals surface area contributed by atoms with Crippen molar-refractivity contribution in [2.45, 2.75) is 12.8 Å². The lowest BCUT2D eigenvalue weighted by molar-refractivity contribution is -0.136. The molecule has 0 saturated carbocycles. The van der Waals surface area contributed by atoms with Crippen LogP contribution in [-0.2, 0) is 9.53 Å². The van der Waals surface area contributed by atoms with Crippen LogP contribution >= 0.6 is 0 Å². The average Bonchev–Trinajstić information content (AvgIpc) is 3.16. The first-order valence-electron chi connectivity index (χ1n) is 7.39. The molecule has 6 nitrogen and oxygen atoms in total. The highest BCUT2D eigenvalue weighted by Crippen LogP contribution is 2.23. The van der Waals surface area contributed by atoms with Crippen LogP contribution in [0.15, 0.2) is 41.6 Å². The Morgan fingerprint density at radius 1 is 1.23 bits per heavy atom. The number of likely N-dealkylation sites (tertiary alicyclic amines) is 1. The molecule has 0 radical (unpaired) electrons. The largest absolute Gasteiger partial charge is 0.456 e. The van der Waals surface area contributed by atoms with Crippen LogP contribution < -0.4 is 10.1 Å². The van der Waals surface area contributed by atoms with Crippen LogP contribution in [-0.4, -0.2) is 43.2 Å². The maximum Gasteiger partial charge on any atom is 0.412 e. The van der Waals surface area contributed by atoms with E-state index in [0.29, 0.717) is 17.9 Å². The summed E-state index contributed by atoms with van der Waals surface area (Å²) in [7, 11) is 0. The van der Waals surface area contributed by atoms with Gasteiger partial charge < -0.3 is 19.7 Å². The third kappa shape index (κ3) is 3.21. The van der Waals surface area contributed by atoms with Gasteiger partial charge in [0.15, 0.2) is 0 Å². The predicted molar refractivity (Wildman–Crippen MR) is 79.3 cm³/mol. The quantitative estimate of drug-likeness (QED) is 0.857. The fourth-order valence-electron chi connectivity index (χ4n) is 2.66. The molecule has 0 bridgehead atoms. The molecule has 1 N–H and O–H groups in total. The molecule has 6 heteroatoms. The molecule has 0 spiro atoms. The van der Waals surface area contributed by atoms with Crippen molar-refractivity contribution in [3.63, 3.8) is 0 Å². The number of amides is 1. The van der Waals surface area contributed by atoms with Crippen molar-refractivity contribution < 1.29 is 19.1 Å². The molecular weight excluding hydrogens is 284 g/mol. The third-order valence-electron chi connectivity index (χ3n) is 3.79. The summed E-state index contributed by atoms with van der Waals surface area (Å²) in [6.45, 7) is 2.29. The van der Waals surface area contributed by atoms with Crippen molar-refractivity contribution >= 4 is 12.1 Å². The monoisotopic (exact) mass is 302 g/mol. The van der Waals surface area contributed by atoms with Gasteiger partial charge in [-0.3, -0.25) is 0 Å². The van der Waals surface area contributed by atoms with Crippen LogP contribution in [0.3, 0.4) is 0 Å². The maximum absolute atomic E-state index is 11.8. The molecule has 0 atom stereocenters. The lowest BCUT2D eigenvalue weighted by atomic mass is 10.2. The Bertz CT molecular complexity index is 591. The molecule has 3 rings (SSSR count). The molecule has 22 heavy (non-hydrogen) atoms. The number of hydrogen-bond donors (Lipinski definition) is 1. The molecule has 2 heterocycles. The van der Waals surface area contributed by atoms with E-state index in [4.69, 9.17) is 9.47 Å². The number of nitrogens with one attached hydrogen (secondary N) is 1. The molecule has 0 unspecified atom stereocenters. The van der Waals surface area contributed by atoms with Crippen LogP contribution in [0.2, 0.25) is 0 Å².